The van der Waals surface area contributed by atoms with Gasteiger partial charge in [-0.25, -0.2) is 4.68 Å². The van der Waals surface area contributed by atoms with Gasteiger partial charge in [-0.2, -0.15) is 5.10 Å². The van der Waals surface area contributed by atoms with Crippen LogP contribution in [0.25, 0.3) is 16.9 Å². The number of carbonyl (C=O) groups is 2. The van der Waals surface area contributed by atoms with Crippen LogP contribution in [-0.4, -0.2) is 43.3 Å². The maximum atomic E-state index is 13.4. The quantitative estimate of drug-likeness (QED) is 0.270. The molecule has 2 heterocycles. The molecule has 0 aliphatic heterocycles. The number of carbonyl (C=O) groups excluding carboxylic acids is 2. The van der Waals surface area contributed by atoms with Crippen molar-refractivity contribution in [2.24, 2.45) is 0 Å². The van der Waals surface area contributed by atoms with E-state index in [-0.39, 0.29) is 28.2 Å². The molecule has 1 fully saturated rings. The predicted octanol–water partition coefficient (Wildman–Crippen LogP) is 5.92. The molecule has 0 bridgehead atoms. The molecular weight excluding hydrogens is 537 g/mol. The standard InChI is InChI=1S/C29H27Cl2N5O3/c1-29(39)12-10-18(11-13-29)33-28(38)25-17-26(36(35-25)19-7-3-2-4-8-19)34-27(37)21-15-20(22(30)16-23(21)31)24-9-5-6-14-32-24/h2-9,14-18,39H,10-13H2,1H3,(H,33,38)(H,34,37). The molecule has 8 nitrogen and oxygen atoms in total. The van der Waals surface area contributed by atoms with Crippen molar-refractivity contribution < 1.29 is 14.7 Å². The molecule has 3 N–H and O–H groups in total. The Hall–Kier alpha value is -3.72. The number of rotatable bonds is 6. The normalized spacial score (nSPS) is 18.9. The van der Waals surface area contributed by atoms with Gasteiger partial charge in [-0.3, -0.25) is 14.6 Å². The van der Waals surface area contributed by atoms with E-state index in [4.69, 9.17) is 23.2 Å². The second-order valence-corrected chi connectivity index (χ2v) is 10.7. The number of anilines is 1. The van der Waals surface area contributed by atoms with Crippen molar-refractivity contribution in [1.82, 2.24) is 20.1 Å². The van der Waals surface area contributed by atoms with Gasteiger partial charge in [0.2, 0.25) is 0 Å². The monoisotopic (exact) mass is 563 g/mol. The summed E-state index contributed by atoms with van der Waals surface area (Å²) >= 11 is 12.8. The second-order valence-electron chi connectivity index (χ2n) is 9.89. The molecule has 1 aliphatic carbocycles. The van der Waals surface area contributed by atoms with Crippen LogP contribution < -0.4 is 10.6 Å². The Morgan fingerprint density at radius 3 is 2.38 bits per heavy atom. The third kappa shape index (κ3) is 6.14. The van der Waals surface area contributed by atoms with Gasteiger partial charge in [0.05, 0.1) is 32.6 Å². The van der Waals surface area contributed by atoms with E-state index in [1.807, 2.05) is 43.3 Å². The lowest BCUT2D eigenvalue weighted by Crippen LogP contribution is -2.42. The smallest absolute Gasteiger partial charge is 0.272 e. The molecule has 4 aromatic rings. The Kier molecular flexibility index (Phi) is 7.70. The maximum Gasteiger partial charge on any atom is 0.272 e. The van der Waals surface area contributed by atoms with E-state index in [0.717, 1.165) is 0 Å². The molecule has 1 saturated carbocycles. The van der Waals surface area contributed by atoms with Crippen LogP contribution in [0.15, 0.2) is 72.9 Å². The van der Waals surface area contributed by atoms with E-state index in [0.29, 0.717) is 53.5 Å². The van der Waals surface area contributed by atoms with Gasteiger partial charge in [-0.1, -0.05) is 47.5 Å². The maximum absolute atomic E-state index is 13.4. The SMILES string of the molecule is CC1(O)CCC(NC(=O)c2cc(NC(=O)c3cc(-c4ccccn4)c(Cl)cc3Cl)n(-c3ccccc3)n2)CC1. The van der Waals surface area contributed by atoms with Crippen molar-refractivity contribution in [3.8, 4) is 16.9 Å². The molecule has 0 unspecified atom stereocenters. The number of pyridine rings is 1. The summed E-state index contributed by atoms with van der Waals surface area (Å²) in [6, 6.07) is 19.2. The lowest BCUT2D eigenvalue weighted by Gasteiger charge is -2.33. The fourth-order valence-electron chi connectivity index (χ4n) is 4.62. The third-order valence-corrected chi connectivity index (χ3v) is 7.45. The van der Waals surface area contributed by atoms with E-state index in [9.17, 15) is 14.7 Å². The van der Waals surface area contributed by atoms with Crippen LogP contribution in [0.3, 0.4) is 0 Å². The largest absolute Gasteiger partial charge is 0.390 e. The molecule has 5 rings (SSSR count). The first-order valence-corrected chi connectivity index (χ1v) is 13.4. The first-order valence-electron chi connectivity index (χ1n) is 12.6. The van der Waals surface area contributed by atoms with Crippen LogP contribution in [0.1, 0.15) is 53.5 Å². The molecular formula is C29H27Cl2N5O3. The van der Waals surface area contributed by atoms with Crippen LogP contribution in [0, 0.1) is 0 Å². The van der Waals surface area contributed by atoms with Gasteiger partial charge < -0.3 is 15.7 Å². The Morgan fingerprint density at radius 2 is 1.69 bits per heavy atom. The molecule has 0 radical (unpaired) electrons. The highest BCUT2D eigenvalue weighted by Gasteiger charge is 2.30. The number of aromatic nitrogens is 3. The zero-order chi connectivity index (χ0) is 27.6. The van der Waals surface area contributed by atoms with Gasteiger partial charge in [0.25, 0.3) is 11.8 Å². The van der Waals surface area contributed by atoms with Gasteiger partial charge in [0.15, 0.2) is 5.69 Å². The summed E-state index contributed by atoms with van der Waals surface area (Å²) < 4.78 is 1.50. The topological polar surface area (TPSA) is 109 Å². The number of halogens is 2. The Bertz CT molecular complexity index is 1500. The number of hydrogen-bond acceptors (Lipinski definition) is 5. The zero-order valence-corrected chi connectivity index (χ0v) is 22.7. The molecule has 0 atom stereocenters. The van der Waals surface area contributed by atoms with E-state index in [1.54, 1.807) is 24.4 Å². The highest BCUT2D eigenvalue weighted by atomic mass is 35.5. The summed E-state index contributed by atoms with van der Waals surface area (Å²) in [6.07, 6.45) is 4.21. The lowest BCUT2D eigenvalue weighted by molar-refractivity contribution is 0.0140. The lowest BCUT2D eigenvalue weighted by atomic mass is 9.83. The Balaban J connectivity index is 1.43. The molecule has 200 valence electrons. The van der Waals surface area contributed by atoms with Crippen LogP contribution >= 0.6 is 23.2 Å². The predicted molar refractivity (Wildman–Crippen MR) is 152 cm³/mol. The van der Waals surface area contributed by atoms with Crippen LogP contribution in [0.2, 0.25) is 10.0 Å². The van der Waals surface area contributed by atoms with Crippen molar-refractivity contribution in [3.05, 3.63) is 94.2 Å². The summed E-state index contributed by atoms with van der Waals surface area (Å²) in [7, 11) is 0. The highest BCUT2D eigenvalue weighted by molar-refractivity contribution is 6.38. The van der Waals surface area contributed by atoms with Crippen LogP contribution in [-0.2, 0) is 0 Å². The summed E-state index contributed by atoms with van der Waals surface area (Å²) in [5.41, 5.74) is 1.48. The van der Waals surface area contributed by atoms with Gasteiger partial charge in [-0.15, -0.1) is 0 Å². The van der Waals surface area contributed by atoms with Crippen molar-refractivity contribution >= 4 is 40.8 Å². The molecule has 1 aliphatic rings. The number of para-hydroxylation sites is 1. The van der Waals surface area contributed by atoms with E-state index in [2.05, 4.69) is 20.7 Å². The van der Waals surface area contributed by atoms with E-state index in [1.165, 1.54) is 16.8 Å². The van der Waals surface area contributed by atoms with E-state index >= 15 is 0 Å². The van der Waals surface area contributed by atoms with Crippen LogP contribution in [0.4, 0.5) is 5.82 Å². The molecule has 2 amide bonds. The summed E-state index contributed by atoms with van der Waals surface area (Å²) in [6.45, 7) is 1.81. The van der Waals surface area contributed by atoms with Crippen molar-refractivity contribution in [2.75, 3.05) is 5.32 Å². The molecule has 0 spiro atoms. The Labute approximate surface area is 236 Å². The zero-order valence-electron chi connectivity index (χ0n) is 21.2. The first kappa shape index (κ1) is 26.9. The molecule has 39 heavy (non-hydrogen) atoms. The minimum absolute atomic E-state index is 0.0597. The second kappa shape index (κ2) is 11.2. The third-order valence-electron chi connectivity index (χ3n) is 6.82. The summed E-state index contributed by atoms with van der Waals surface area (Å²) in [5, 5.41) is 21.1. The minimum atomic E-state index is -0.701. The summed E-state index contributed by atoms with van der Waals surface area (Å²) in [4.78, 5) is 30.9. The first-order chi connectivity index (χ1) is 18.7. The average molecular weight is 564 g/mol. The van der Waals surface area contributed by atoms with Crippen molar-refractivity contribution in [3.63, 3.8) is 0 Å². The van der Waals surface area contributed by atoms with Gasteiger partial charge in [0, 0.05) is 23.9 Å². The number of amides is 2. The molecule has 2 aromatic carbocycles. The fraction of sp³-hybridized carbons (Fsp3) is 0.241. The van der Waals surface area contributed by atoms with Crippen molar-refractivity contribution in [1.29, 1.82) is 0 Å². The number of aliphatic hydroxyl groups is 1. The fourth-order valence-corrected chi connectivity index (χ4v) is 5.18. The van der Waals surface area contributed by atoms with Gasteiger partial charge in [0.1, 0.15) is 5.82 Å². The van der Waals surface area contributed by atoms with Crippen molar-refractivity contribution in [2.45, 2.75) is 44.2 Å². The van der Waals surface area contributed by atoms with E-state index < -0.39 is 11.5 Å². The molecule has 10 heteroatoms. The Morgan fingerprint density at radius 1 is 0.974 bits per heavy atom. The van der Waals surface area contributed by atoms with Gasteiger partial charge in [-0.05, 0) is 69.0 Å². The summed E-state index contributed by atoms with van der Waals surface area (Å²) in [5.74, 6) is -0.547. The number of nitrogens with one attached hydrogen (secondary N) is 2. The molecule has 0 saturated heterocycles. The highest BCUT2D eigenvalue weighted by Crippen LogP contribution is 2.33. The molecule has 2 aromatic heterocycles. The minimum Gasteiger partial charge on any atom is -0.390 e. The number of benzene rings is 2. The average Bonchev–Trinajstić information content (AvgIpc) is 3.35. The van der Waals surface area contributed by atoms with Crippen LogP contribution in [0.5, 0.6) is 0 Å². The van der Waals surface area contributed by atoms with Gasteiger partial charge >= 0.3 is 0 Å². The number of hydrogen-bond donors (Lipinski definition) is 3. The number of nitrogens with zero attached hydrogens (tertiary/aromatic N) is 3.